The Hall–Kier alpha value is -0.357. The van der Waals surface area contributed by atoms with Crippen molar-refractivity contribution in [2.24, 2.45) is 5.92 Å². The van der Waals surface area contributed by atoms with Gasteiger partial charge in [-0.2, -0.15) is 11.6 Å². The van der Waals surface area contributed by atoms with Gasteiger partial charge in [-0.1, -0.05) is 67.8 Å². The van der Waals surface area contributed by atoms with Crippen LogP contribution in [0.2, 0.25) is 0 Å². The van der Waals surface area contributed by atoms with E-state index in [-0.39, 0.29) is 51.0 Å². The fourth-order valence-corrected chi connectivity index (χ4v) is 2.59. The molecule has 2 aromatic rings. The van der Waals surface area contributed by atoms with Crippen LogP contribution in [0.4, 0.5) is 0 Å². The molecule has 1 aliphatic rings. The maximum atomic E-state index is 3.45. The van der Waals surface area contributed by atoms with Gasteiger partial charge in [0, 0.05) is 0 Å². The van der Waals surface area contributed by atoms with Crippen LogP contribution in [0, 0.1) is 12.0 Å². The summed E-state index contributed by atoms with van der Waals surface area (Å²) in [6.45, 7) is 4.33. The zero-order valence-corrected chi connectivity index (χ0v) is 15.4. The van der Waals surface area contributed by atoms with Gasteiger partial charge in [0.1, 0.15) is 0 Å². The molecule has 0 saturated carbocycles. The van der Waals surface area contributed by atoms with Crippen molar-refractivity contribution in [1.29, 1.82) is 0 Å². The Kier molecular flexibility index (Phi) is 8.03. The zero-order valence-electron chi connectivity index (χ0n) is 11.5. The van der Waals surface area contributed by atoms with Gasteiger partial charge < -0.3 is 24.8 Å². The molecule has 0 amide bonds. The minimum absolute atomic E-state index is 0. The Balaban J connectivity index is 0.00000120. The van der Waals surface area contributed by atoms with Crippen LogP contribution in [0.5, 0.6) is 0 Å². The molecule has 0 nitrogen and oxygen atoms in total. The van der Waals surface area contributed by atoms with E-state index in [0.717, 1.165) is 0 Å². The smallest absolute Gasteiger partial charge is 1.00 e. The third-order valence-electron chi connectivity index (χ3n) is 3.34. The fourth-order valence-electron chi connectivity index (χ4n) is 2.59. The van der Waals surface area contributed by atoms with Crippen LogP contribution in [0.15, 0.2) is 54.1 Å². The van der Waals surface area contributed by atoms with E-state index in [1.807, 2.05) is 0 Å². The molecular formula is C17H15Cl2Zr. The average molecular weight is 381 g/mol. The normalized spacial score (nSPS) is 16.4. The van der Waals surface area contributed by atoms with E-state index in [0.29, 0.717) is 5.92 Å². The summed E-state index contributed by atoms with van der Waals surface area (Å²) in [7, 11) is 0. The molecule has 20 heavy (non-hydrogen) atoms. The van der Waals surface area contributed by atoms with Crippen molar-refractivity contribution in [2.75, 3.05) is 0 Å². The Labute approximate surface area is 152 Å². The summed E-state index contributed by atoms with van der Waals surface area (Å²) >= 11 is 0. The maximum absolute atomic E-state index is 3.45. The van der Waals surface area contributed by atoms with Gasteiger partial charge in [0.2, 0.25) is 0 Å². The summed E-state index contributed by atoms with van der Waals surface area (Å²) in [6.07, 6.45) is 5.76. The van der Waals surface area contributed by atoms with Crippen molar-refractivity contribution in [3.8, 4) is 0 Å². The first-order chi connectivity index (χ1) is 8.25. The van der Waals surface area contributed by atoms with Crippen LogP contribution in [-0.2, 0) is 26.2 Å². The Morgan fingerprint density at radius 2 is 1.60 bits per heavy atom. The van der Waals surface area contributed by atoms with E-state index in [1.54, 1.807) is 0 Å². The van der Waals surface area contributed by atoms with E-state index in [4.69, 9.17) is 0 Å². The monoisotopic (exact) mass is 379 g/mol. The third kappa shape index (κ3) is 3.64. The van der Waals surface area contributed by atoms with Gasteiger partial charge in [0.15, 0.2) is 0 Å². The van der Waals surface area contributed by atoms with Gasteiger partial charge >= 0.3 is 26.2 Å². The number of hydrogen-bond donors (Lipinski definition) is 0. The number of rotatable bonds is 1. The van der Waals surface area contributed by atoms with Gasteiger partial charge in [0.05, 0.1) is 0 Å². The molecule has 0 N–H and O–H groups in total. The summed E-state index contributed by atoms with van der Waals surface area (Å²) in [6, 6.07) is 15.1. The quantitative estimate of drug-likeness (QED) is 0.535. The van der Waals surface area contributed by atoms with Gasteiger partial charge in [-0.25, -0.2) is 5.57 Å². The molecule has 0 bridgehead atoms. The summed E-state index contributed by atoms with van der Waals surface area (Å²) in [5.74, 6) is 0.434. The summed E-state index contributed by atoms with van der Waals surface area (Å²) in [4.78, 5) is 0. The second-order valence-electron chi connectivity index (χ2n) is 4.67. The average Bonchev–Trinajstić information content (AvgIpc) is 2.68. The first-order valence-electron chi connectivity index (χ1n) is 6.06. The number of benzene rings is 2. The molecule has 101 valence electrons. The van der Waals surface area contributed by atoms with E-state index in [1.165, 1.54) is 27.5 Å². The minimum atomic E-state index is 0. The number of allylic oxidation sites excluding steroid dienone is 4. The molecule has 0 saturated heterocycles. The van der Waals surface area contributed by atoms with Crippen LogP contribution in [0.1, 0.15) is 19.4 Å². The first-order valence-corrected chi connectivity index (χ1v) is 6.06. The van der Waals surface area contributed by atoms with Crippen LogP contribution in [0.3, 0.4) is 0 Å². The molecule has 0 aliphatic heterocycles. The van der Waals surface area contributed by atoms with Crippen molar-refractivity contribution < 1.29 is 51.0 Å². The Morgan fingerprint density at radius 1 is 0.950 bits per heavy atom. The molecular weight excluding hydrogens is 366 g/mol. The molecule has 0 fully saturated rings. The summed E-state index contributed by atoms with van der Waals surface area (Å²) < 4.78 is 0. The predicted molar refractivity (Wildman–Crippen MR) is 73.5 cm³/mol. The fraction of sp³-hybridized carbons (Fsp3) is 0.176. The summed E-state index contributed by atoms with van der Waals surface area (Å²) in [5.41, 5.74) is 3.95. The minimum Gasteiger partial charge on any atom is -1.00 e. The van der Waals surface area contributed by atoms with E-state index in [2.05, 4.69) is 68.5 Å². The zero-order chi connectivity index (χ0) is 11.8. The second kappa shape index (κ2) is 8.18. The van der Waals surface area contributed by atoms with E-state index in [9.17, 15) is 0 Å². The number of hydrogen-bond acceptors (Lipinski definition) is 0. The molecule has 0 aromatic heterocycles. The second-order valence-corrected chi connectivity index (χ2v) is 4.67. The van der Waals surface area contributed by atoms with Crippen LogP contribution in [-0.4, -0.2) is 0 Å². The standard InChI is InChI=1S/C17H15.2ClH.Zr/c1-12-10-13(2)17(11-12)16-9-5-7-14-6-3-4-8-15(14)16;;;/h3-9,11-12H,1-2H3;2*1H;/q-1;;;+3/p-2. The number of halogens is 2. The van der Waals surface area contributed by atoms with E-state index < -0.39 is 0 Å². The molecule has 3 heteroatoms. The molecule has 1 atom stereocenters. The first kappa shape index (κ1) is 19.6. The van der Waals surface area contributed by atoms with Crippen LogP contribution >= 0.6 is 0 Å². The molecule has 2 aromatic carbocycles. The van der Waals surface area contributed by atoms with Gasteiger partial charge in [-0.15, -0.1) is 0 Å². The molecule has 0 spiro atoms. The van der Waals surface area contributed by atoms with Crippen LogP contribution < -0.4 is 24.8 Å². The van der Waals surface area contributed by atoms with Gasteiger partial charge in [0.25, 0.3) is 0 Å². The largest absolute Gasteiger partial charge is 3.00 e. The van der Waals surface area contributed by atoms with Gasteiger partial charge in [-0.3, -0.25) is 6.08 Å². The Morgan fingerprint density at radius 3 is 2.25 bits per heavy atom. The molecule has 0 heterocycles. The molecule has 1 unspecified atom stereocenters. The SMILES string of the molecule is CC1=[C-]C(C)C=C1c1cccc2ccccc12.[Cl-].[Cl-].[Zr+3]. The van der Waals surface area contributed by atoms with Crippen molar-refractivity contribution in [2.45, 2.75) is 13.8 Å². The third-order valence-corrected chi connectivity index (χ3v) is 3.34. The predicted octanol–water partition coefficient (Wildman–Crippen LogP) is -1.37. The number of fused-ring (bicyclic) bond motifs is 1. The van der Waals surface area contributed by atoms with Crippen molar-refractivity contribution in [3.05, 3.63) is 65.8 Å². The molecule has 1 radical (unpaired) electrons. The van der Waals surface area contributed by atoms with Crippen molar-refractivity contribution in [1.82, 2.24) is 0 Å². The Bertz CT molecular complexity index is 639. The molecule has 1 aliphatic carbocycles. The van der Waals surface area contributed by atoms with Crippen LogP contribution in [0.25, 0.3) is 16.3 Å². The van der Waals surface area contributed by atoms with Crippen molar-refractivity contribution >= 4 is 16.3 Å². The topological polar surface area (TPSA) is 0 Å². The maximum Gasteiger partial charge on any atom is 3.00 e. The van der Waals surface area contributed by atoms with Crippen molar-refractivity contribution in [3.63, 3.8) is 0 Å². The van der Waals surface area contributed by atoms with E-state index >= 15 is 0 Å². The van der Waals surface area contributed by atoms with Gasteiger partial charge in [-0.05, 0) is 10.8 Å². The molecule has 3 rings (SSSR count). The summed E-state index contributed by atoms with van der Waals surface area (Å²) in [5, 5.41) is 2.63.